The normalized spacial score (nSPS) is 10.9. The third-order valence-electron chi connectivity index (χ3n) is 2.86. The molecule has 0 saturated heterocycles. The van der Waals surface area contributed by atoms with E-state index >= 15 is 0 Å². The molecule has 0 fully saturated rings. The molecular formula is C13H16N4O2. The van der Waals surface area contributed by atoms with Crippen LogP contribution in [0.2, 0.25) is 0 Å². The first-order valence-corrected chi connectivity index (χ1v) is 6.15. The van der Waals surface area contributed by atoms with Gasteiger partial charge in [0.1, 0.15) is 0 Å². The summed E-state index contributed by atoms with van der Waals surface area (Å²) in [5.41, 5.74) is 1.79. The van der Waals surface area contributed by atoms with Gasteiger partial charge < -0.3 is 5.11 Å². The summed E-state index contributed by atoms with van der Waals surface area (Å²) in [6.07, 6.45) is 4.26. The zero-order chi connectivity index (χ0) is 13.8. The number of nitrogens with zero attached hydrogens (tertiary/aromatic N) is 4. The van der Waals surface area contributed by atoms with Crippen molar-refractivity contribution in [3.8, 4) is 0 Å². The van der Waals surface area contributed by atoms with Crippen molar-refractivity contribution in [2.75, 3.05) is 0 Å². The Morgan fingerprint density at radius 1 is 1.47 bits per heavy atom. The Bertz CT molecular complexity index is 563. The molecular weight excluding hydrogens is 244 g/mol. The van der Waals surface area contributed by atoms with E-state index in [2.05, 4.69) is 15.3 Å². The van der Waals surface area contributed by atoms with Gasteiger partial charge in [-0.05, 0) is 24.0 Å². The first-order chi connectivity index (χ1) is 9.09. The Labute approximate surface area is 111 Å². The molecule has 0 bridgehead atoms. The van der Waals surface area contributed by atoms with E-state index in [9.17, 15) is 4.79 Å². The highest BCUT2D eigenvalue weighted by Gasteiger charge is 2.21. The van der Waals surface area contributed by atoms with Crippen molar-refractivity contribution in [2.45, 2.75) is 32.7 Å². The van der Waals surface area contributed by atoms with Crippen LogP contribution >= 0.6 is 0 Å². The maximum Gasteiger partial charge on any atom is 0.358 e. The zero-order valence-electron chi connectivity index (χ0n) is 10.9. The van der Waals surface area contributed by atoms with Crippen LogP contribution < -0.4 is 0 Å². The van der Waals surface area contributed by atoms with Gasteiger partial charge in [0.2, 0.25) is 0 Å². The lowest BCUT2D eigenvalue weighted by Crippen LogP contribution is -2.11. The number of aromatic nitrogens is 4. The molecule has 2 aromatic heterocycles. The molecule has 0 aliphatic carbocycles. The van der Waals surface area contributed by atoms with Gasteiger partial charge >= 0.3 is 5.97 Å². The average Bonchev–Trinajstić information content (AvgIpc) is 2.81. The van der Waals surface area contributed by atoms with E-state index in [1.807, 2.05) is 26.0 Å². The summed E-state index contributed by atoms with van der Waals surface area (Å²) in [4.78, 5) is 15.1. The molecule has 100 valence electrons. The van der Waals surface area contributed by atoms with Gasteiger partial charge in [-0.3, -0.25) is 4.98 Å². The van der Waals surface area contributed by atoms with Gasteiger partial charge in [-0.15, -0.1) is 5.10 Å². The lowest BCUT2D eigenvalue weighted by molar-refractivity contribution is 0.0688. The summed E-state index contributed by atoms with van der Waals surface area (Å²) in [6.45, 7) is 4.47. The summed E-state index contributed by atoms with van der Waals surface area (Å²) >= 11 is 0. The highest BCUT2D eigenvalue weighted by atomic mass is 16.4. The second-order valence-electron chi connectivity index (χ2n) is 4.62. The van der Waals surface area contributed by atoms with E-state index in [0.717, 1.165) is 12.0 Å². The fourth-order valence-electron chi connectivity index (χ4n) is 1.99. The van der Waals surface area contributed by atoms with Crippen LogP contribution in [0, 0.1) is 0 Å². The van der Waals surface area contributed by atoms with Gasteiger partial charge in [0.05, 0.1) is 5.69 Å². The second-order valence-corrected chi connectivity index (χ2v) is 4.62. The van der Waals surface area contributed by atoms with Crippen molar-refractivity contribution < 1.29 is 9.90 Å². The number of aromatic carboxylic acids is 1. The van der Waals surface area contributed by atoms with E-state index in [4.69, 9.17) is 5.11 Å². The predicted octanol–water partition coefficient (Wildman–Crippen LogP) is 1.74. The fraction of sp³-hybridized carbons (Fsp3) is 0.385. The highest BCUT2D eigenvalue weighted by molar-refractivity contribution is 5.86. The van der Waals surface area contributed by atoms with Gasteiger partial charge in [-0.1, -0.05) is 25.1 Å². The molecule has 0 spiro atoms. The summed E-state index contributed by atoms with van der Waals surface area (Å²) < 4.78 is 1.67. The number of hydrogen-bond donors (Lipinski definition) is 1. The van der Waals surface area contributed by atoms with Gasteiger partial charge in [-0.25, -0.2) is 9.48 Å². The zero-order valence-corrected chi connectivity index (χ0v) is 10.9. The van der Waals surface area contributed by atoms with E-state index in [1.54, 1.807) is 17.1 Å². The molecule has 0 aliphatic rings. The Morgan fingerprint density at radius 3 is 2.84 bits per heavy atom. The molecule has 2 heterocycles. The van der Waals surface area contributed by atoms with Crippen molar-refractivity contribution in [3.05, 3.63) is 41.5 Å². The molecule has 6 nitrogen and oxygen atoms in total. The minimum Gasteiger partial charge on any atom is -0.476 e. The number of carboxylic acid groups (broad SMARTS) is 1. The first kappa shape index (κ1) is 13.2. The van der Waals surface area contributed by atoms with Crippen molar-refractivity contribution in [3.63, 3.8) is 0 Å². The summed E-state index contributed by atoms with van der Waals surface area (Å²) in [5.74, 6) is -0.966. The minimum atomic E-state index is -1.03. The molecule has 0 unspecified atom stereocenters. The van der Waals surface area contributed by atoms with Gasteiger partial charge in [0.25, 0.3) is 0 Å². The summed E-state index contributed by atoms with van der Waals surface area (Å²) in [6, 6.07) is 3.86. The fourth-order valence-corrected chi connectivity index (χ4v) is 1.99. The smallest absolute Gasteiger partial charge is 0.358 e. The van der Waals surface area contributed by atoms with Crippen molar-refractivity contribution >= 4 is 5.97 Å². The standard InChI is InChI=1S/C13H16N4O2/c1-9(2)12-11(13(18)19)15-16-17(12)7-5-10-4-3-6-14-8-10/h3-4,6,8-9H,5,7H2,1-2H3,(H,18,19). The van der Waals surface area contributed by atoms with Crippen molar-refractivity contribution in [1.29, 1.82) is 0 Å². The average molecular weight is 260 g/mol. The van der Waals surface area contributed by atoms with Crippen molar-refractivity contribution in [1.82, 2.24) is 20.0 Å². The van der Waals surface area contributed by atoms with Gasteiger partial charge in [-0.2, -0.15) is 0 Å². The number of aryl methyl sites for hydroxylation is 2. The van der Waals surface area contributed by atoms with E-state index < -0.39 is 5.97 Å². The van der Waals surface area contributed by atoms with Crippen LogP contribution in [-0.2, 0) is 13.0 Å². The molecule has 2 aromatic rings. The Kier molecular flexibility index (Phi) is 3.89. The highest BCUT2D eigenvalue weighted by Crippen LogP contribution is 2.18. The number of pyridine rings is 1. The minimum absolute atomic E-state index is 0.0428. The van der Waals surface area contributed by atoms with E-state index in [-0.39, 0.29) is 11.6 Å². The SMILES string of the molecule is CC(C)c1c(C(=O)O)nnn1CCc1cccnc1. The van der Waals surface area contributed by atoms with E-state index in [0.29, 0.717) is 12.2 Å². The number of rotatable bonds is 5. The van der Waals surface area contributed by atoms with Crippen LogP contribution in [0.5, 0.6) is 0 Å². The molecule has 6 heteroatoms. The monoisotopic (exact) mass is 260 g/mol. The lowest BCUT2D eigenvalue weighted by Gasteiger charge is -2.09. The van der Waals surface area contributed by atoms with Crippen LogP contribution in [0.1, 0.15) is 41.5 Å². The van der Waals surface area contributed by atoms with Crippen LogP contribution in [0.25, 0.3) is 0 Å². The van der Waals surface area contributed by atoms with Crippen LogP contribution in [0.3, 0.4) is 0 Å². The number of hydrogen-bond acceptors (Lipinski definition) is 4. The van der Waals surface area contributed by atoms with Crippen LogP contribution in [0.15, 0.2) is 24.5 Å². The Hall–Kier alpha value is -2.24. The third kappa shape index (κ3) is 2.96. The molecule has 0 radical (unpaired) electrons. The maximum atomic E-state index is 11.1. The second kappa shape index (κ2) is 5.60. The maximum absolute atomic E-state index is 11.1. The quantitative estimate of drug-likeness (QED) is 0.885. The molecule has 0 atom stereocenters. The number of carboxylic acids is 1. The molecule has 0 amide bonds. The largest absolute Gasteiger partial charge is 0.476 e. The predicted molar refractivity (Wildman–Crippen MR) is 69.0 cm³/mol. The lowest BCUT2D eigenvalue weighted by atomic mass is 10.1. The van der Waals surface area contributed by atoms with Crippen LogP contribution in [-0.4, -0.2) is 31.1 Å². The number of carbonyl (C=O) groups is 1. The topological polar surface area (TPSA) is 80.9 Å². The molecule has 0 aliphatic heterocycles. The summed E-state index contributed by atoms with van der Waals surface area (Å²) in [7, 11) is 0. The Balaban J connectivity index is 2.19. The first-order valence-electron chi connectivity index (χ1n) is 6.15. The molecule has 1 N–H and O–H groups in total. The molecule has 2 rings (SSSR count). The van der Waals surface area contributed by atoms with E-state index in [1.165, 1.54) is 0 Å². The van der Waals surface area contributed by atoms with Crippen molar-refractivity contribution in [2.24, 2.45) is 0 Å². The van der Waals surface area contributed by atoms with Crippen LogP contribution in [0.4, 0.5) is 0 Å². The summed E-state index contributed by atoms with van der Waals surface area (Å²) in [5, 5.41) is 16.8. The van der Waals surface area contributed by atoms with Gasteiger partial charge in [0.15, 0.2) is 5.69 Å². The Morgan fingerprint density at radius 2 is 2.26 bits per heavy atom. The van der Waals surface area contributed by atoms with Gasteiger partial charge in [0, 0.05) is 18.9 Å². The molecule has 0 saturated carbocycles. The molecule has 19 heavy (non-hydrogen) atoms. The third-order valence-corrected chi connectivity index (χ3v) is 2.86. The molecule has 0 aromatic carbocycles.